The van der Waals surface area contributed by atoms with Crippen LogP contribution >= 0.6 is 0 Å². The minimum atomic E-state index is -1.25. The average molecular weight is 458 g/mol. The van der Waals surface area contributed by atoms with E-state index in [0.29, 0.717) is 0 Å². The zero-order valence-corrected chi connectivity index (χ0v) is 18.3. The van der Waals surface area contributed by atoms with Crippen molar-refractivity contribution in [2.45, 2.75) is 18.4 Å². The van der Waals surface area contributed by atoms with Gasteiger partial charge in [0.25, 0.3) is 0 Å². The summed E-state index contributed by atoms with van der Waals surface area (Å²) in [5, 5.41) is 18.1. The Labute approximate surface area is 195 Å². The lowest BCUT2D eigenvalue weighted by molar-refractivity contribution is -0.118. The van der Waals surface area contributed by atoms with E-state index in [2.05, 4.69) is 21.7 Å². The Morgan fingerprint density at radius 2 is 1.76 bits per heavy atom. The first-order chi connectivity index (χ1) is 16.4. The number of aromatic nitrogens is 2. The number of benzene rings is 2. The number of ether oxygens (including phenoxy) is 1. The number of amides is 2. The van der Waals surface area contributed by atoms with Gasteiger partial charge in [0.15, 0.2) is 5.82 Å². The normalized spacial score (nSPS) is 12.7. The zero-order chi connectivity index (χ0) is 24.2. The van der Waals surface area contributed by atoms with Crippen LogP contribution < -0.4 is 10.6 Å². The monoisotopic (exact) mass is 458 g/mol. The highest BCUT2D eigenvalue weighted by Crippen LogP contribution is 2.44. The maximum atomic E-state index is 12.7. The van der Waals surface area contributed by atoms with Crippen molar-refractivity contribution in [2.75, 3.05) is 11.9 Å². The third kappa shape index (κ3) is 4.47. The molecule has 2 aromatic carbocycles. The number of nitrogens with one attached hydrogen (secondary N) is 2. The molecule has 0 bridgehead atoms. The Morgan fingerprint density at radius 1 is 1.15 bits per heavy atom. The Hall–Kier alpha value is -4.58. The number of carbonyl (C=O) groups is 3. The van der Waals surface area contributed by atoms with E-state index in [1.807, 2.05) is 48.5 Å². The molecule has 1 aliphatic carbocycles. The number of alkyl carbamates (subject to hydrolysis) is 1. The molecule has 172 valence electrons. The fourth-order valence-electron chi connectivity index (χ4n) is 4.05. The third-order valence-electron chi connectivity index (χ3n) is 5.58. The van der Waals surface area contributed by atoms with Gasteiger partial charge in [-0.1, -0.05) is 48.5 Å². The van der Waals surface area contributed by atoms with Crippen LogP contribution in [0.4, 0.5) is 10.6 Å². The number of carboxylic acids is 1. The number of terminal acetylenes is 1. The van der Waals surface area contributed by atoms with Crippen molar-refractivity contribution >= 4 is 23.8 Å². The molecule has 0 spiro atoms. The van der Waals surface area contributed by atoms with Crippen LogP contribution in [-0.4, -0.2) is 45.5 Å². The number of carbonyl (C=O) groups excluding carboxylic acids is 2. The maximum absolute atomic E-state index is 12.7. The van der Waals surface area contributed by atoms with E-state index < -0.39 is 24.0 Å². The summed E-state index contributed by atoms with van der Waals surface area (Å²) in [6.45, 7) is 0.0770. The molecule has 0 saturated heterocycles. The zero-order valence-electron chi connectivity index (χ0n) is 18.3. The van der Waals surface area contributed by atoms with E-state index in [-0.39, 0.29) is 30.3 Å². The average Bonchev–Trinajstić information content (AvgIpc) is 3.35. The summed E-state index contributed by atoms with van der Waals surface area (Å²) < 4.78 is 6.73. The van der Waals surface area contributed by atoms with Crippen LogP contribution in [0.2, 0.25) is 0 Å². The van der Waals surface area contributed by atoms with Crippen molar-refractivity contribution in [2.24, 2.45) is 7.05 Å². The highest BCUT2D eigenvalue weighted by molar-refractivity contribution is 6.01. The summed E-state index contributed by atoms with van der Waals surface area (Å²) in [6.07, 6.45) is 5.69. The summed E-state index contributed by atoms with van der Waals surface area (Å²) >= 11 is 0. The molecule has 1 aliphatic rings. The minimum absolute atomic E-state index is 0.0770. The fourth-order valence-corrected chi connectivity index (χ4v) is 4.05. The van der Waals surface area contributed by atoms with Crippen LogP contribution in [0, 0.1) is 12.3 Å². The van der Waals surface area contributed by atoms with Gasteiger partial charge in [-0.15, -0.1) is 12.3 Å². The second kappa shape index (κ2) is 9.50. The lowest BCUT2D eigenvalue weighted by Crippen LogP contribution is -2.44. The number of aromatic carboxylic acids is 1. The molecular weight excluding hydrogens is 436 g/mol. The quantitative estimate of drug-likeness (QED) is 0.468. The second-order valence-electron chi connectivity index (χ2n) is 7.79. The van der Waals surface area contributed by atoms with Crippen LogP contribution in [0.25, 0.3) is 11.1 Å². The smallest absolute Gasteiger partial charge is 0.407 e. The van der Waals surface area contributed by atoms with Crippen molar-refractivity contribution in [3.8, 4) is 23.5 Å². The summed E-state index contributed by atoms with van der Waals surface area (Å²) in [7, 11) is 1.52. The molecule has 0 radical (unpaired) electrons. The van der Waals surface area contributed by atoms with Gasteiger partial charge in [0.1, 0.15) is 18.2 Å². The molecule has 3 N–H and O–H groups in total. The SMILES string of the molecule is C#CCC(NC(=O)OCC1c2ccccc2-c2ccccc21)C(=O)Nc1nn(C)cc1C(=O)O. The second-order valence-corrected chi connectivity index (χ2v) is 7.79. The molecule has 9 heteroatoms. The van der Waals surface area contributed by atoms with E-state index >= 15 is 0 Å². The van der Waals surface area contributed by atoms with Gasteiger partial charge >= 0.3 is 12.1 Å². The lowest BCUT2D eigenvalue weighted by Gasteiger charge is -2.18. The van der Waals surface area contributed by atoms with Crippen molar-refractivity contribution in [1.82, 2.24) is 15.1 Å². The van der Waals surface area contributed by atoms with E-state index in [1.165, 1.54) is 17.9 Å². The molecular formula is C25H22N4O5. The number of nitrogens with zero attached hydrogens (tertiary/aromatic N) is 2. The van der Waals surface area contributed by atoms with Crippen LogP contribution in [-0.2, 0) is 16.6 Å². The molecule has 34 heavy (non-hydrogen) atoms. The molecule has 1 unspecified atom stereocenters. The number of fused-ring (bicyclic) bond motifs is 3. The van der Waals surface area contributed by atoms with Gasteiger partial charge in [-0.05, 0) is 22.3 Å². The summed E-state index contributed by atoms with van der Waals surface area (Å²) in [4.78, 5) is 36.6. The molecule has 1 atom stereocenters. The summed E-state index contributed by atoms with van der Waals surface area (Å²) in [5.41, 5.74) is 4.13. The Balaban J connectivity index is 1.43. The minimum Gasteiger partial charge on any atom is -0.477 e. The Kier molecular flexibility index (Phi) is 6.32. The molecule has 1 aromatic heterocycles. The van der Waals surface area contributed by atoms with Gasteiger partial charge in [0.2, 0.25) is 5.91 Å². The largest absolute Gasteiger partial charge is 0.477 e. The van der Waals surface area contributed by atoms with Gasteiger partial charge < -0.3 is 20.5 Å². The molecule has 9 nitrogen and oxygen atoms in total. The van der Waals surface area contributed by atoms with E-state index in [0.717, 1.165) is 22.3 Å². The van der Waals surface area contributed by atoms with E-state index in [4.69, 9.17) is 11.2 Å². The van der Waals surface area contributed by atoms with E-state index in [9.17, 15) is 19.5 Å². The first kappa shape index (κ1) is 22.6. The highest BCUT2D eigenvalue weighted by atomic mass is 16.5. The fraction of sp³-hybridized carbons (Fsp3) is 0.200. The topological polar surface area (TPSA) is 123 Å². The predicted molar refractivity (Wildman–Crippen MR) is 124 cm³/mol. The van der Waals surface area contributed by atoms with E-state index in [1.54, 1.807) is 0 Å². The van der Waals surface area contributed by atoms with Gasteiger partial charge in [-0.25, -0.2) is 9.59 Å². The van der Waals surface area contributed by atoms with Crippen molar-refractivity contribution in [1.29, 1.82) is 0 Å². The van der Waals surface area contributed by atoms with Crippen LogP contribution in [0.5, 0.6) is 0 Å². The van der Waals surface area contributed by atoms with Crippen molar-refractivity contribution in [3.63, 3.8) is 0 Å². The standard InChI is InChI=1S/C25H22N4O5/c1-3-8-21(23(30)27-22-19(24(31)32)13-29(2)28-22)26-25(33)34-14-20-17-11-6-4-9-15(17)16-10-5-7-12-18(16)20/h1,4-7,9-13,20-21H,8,14H2,2H3,(H,26,33)(H,31,32)(H,27,28,30). The molecule has 1 heterocycles. The number of hydrogen-bond acceptors (Lipinski definition) is 5. The summed E-state index contributed by atoms with van der Waals surface area (Å²) in [6, 6.07) is 14.7. The predicted octanol–water partition coefficient (Wildman–Crippen LogP) is 2.99. The van der Waals surface area contributed by atoms with Gasteiger partial charge in [-0.2, -0.15) is 5.10 Å². The molecule has 3 aromatic rings. The van der Waals surface area contributed by atoms with Gasteiger partial charge in [0, 0.05) is 25.6 Å². The van der Waals surface area contributed by atoms with Crippen molar-refractivity contribution in [3.05, 3.63) is 71.4 Å². The van der Waals surface area contributed by atoms with Crippen LogP contribution in [0.3, 0.4) is 0 Å². The summed E-state index contributed by atoms with van der Waals surface area (Å²) in [5.74, 6) is 0.106. The Bertz CT molecular complexity index is 1260. The number of rotatable bonds is 7. The number of carboxylic acid groups (broad SMARTS) is 1. The maximum Gasteiger partial charge on any atom is 0.407 e. The number of aryl methyl sites for hydroxylation is 1. The first-order valence-corrected chi connectivity index (χ1v) is 10.5. The van der Waals surface area contributed by atoms with Gasteiger partial charge in [-0.3, -0.25) is 9.48 Å². The highest BCUT2D eigenvalue weighted by Gasteiger charge is 2.30. The van der Waals surface area contributed by atoms with Crippen LogP contribution in [0.15, 0.2) is 54.7 Å². The van der Waals surface area contributed by atoms with Crippen molar-refractivity contribution < 1.29 is 24.2 Å². The third-order valence-corrected chi connectivity index (χ3v) is 5.58. The molecule has 0 aliphatic heterocycles. The first-order valence-electron chi connectivity index (χ1n) is 10.5. The lowest BCUT2D eigenvalue weighted by atomic mass is 9.98. The van der Waals surface area contributed by atoms with Crippen LogP contribution in [0.1, 0.15) is 33.8 Å². The molecule has 0 fully saturated rings. The van der Waals surface area contributed by atoms with Gasteiger partial charge in [0.05, 0.1) is 0 Å². The number of hydrogen-bond donors (Lipinski definition) is 3. The number of anilines is 1. The molecule has 0 saturated carbocycles. The molecule has 4 rings (SSSR count). The molecule has 2 amide bonds. The Morgan fingerprint density at radius 3 is 2.35 bits per heavy atom.